The maximum Gasteiger partial charge on any atom is 0.304 e. The number of aliphatic carboxylic acids is 1. The van der Waals surface area contributed by atoms with Gasteiger partial charge >= 0.3 is 5.97 Å². The van der Waals surface area contributed by atoms with Crippen LogP contribution in [0.1, 0.15) is 30.2 Å². The molecule has 1 aliphatic carbocycles. The summed E-state index contributed by atoms with van der Waals surface area (Å²) in [6, 6.07) is 19.3. The molecule has 0 amide bonds. The molecule has 34 heavy (non-hydrogen) atoms. The van der Waals surface area contributed by atoms with Gasteiger partial charge in [-0.15, -0.1) is 0 Å². The molecule has 0 fully saturated rings. The van der Waals surface area contributed by atoms with E-state index < -0.39 is 5.97 Å². The van der Waals surface area contributed by atoms with Crippen LogP contribution in [0.3, 0.4) is 0 Å². The predicted molar refractivity (Wildman–Crippen MR) is 133 cm³/mol. The second kappa shape index (κ2) is 9.08. The molecule has 5 nitrogen and oxygen atoms in total. The van der Waals surface area contributed by atoms with Gasteiger partial charge in [-0.1, -0.05) is 59.9 Å². The van der Waals surface area contributed by atoms with E-state index in [0.717, 1.165) is 21.6 Å². The number of nitrogens with one attached hydrogen (secondary N) is 1. The van der Waals surface area contributed by atoms with Gasteiger partial charge in [0.25, 0.3) is 0 Å². The Labute approximate surface area is 201 Å². The highest BCUT2D eigenvalue weighted by atomic mass is 32.1. The first-order valence-electron chi connectivity index (χ1n) is 11.2. The van der Waals surface area contributed by atoms with Crippen molar-refractivity contribution in [1.82, 2.24) is 15.3 Å². The van der Waals surface area contributed by atoms with E-state index in [-0.39, 0.29) is 23.7 Å². The molecule has 2 aromatic carbocycles. The predicted octanol–water partition coefficient (Wildman–Crippen LogP) is 5.35. The summed E-state index contributed by atoms with van der Waals surface area (Å²) in [7, 11) is 0. The number of fused-ring (bicyclic) bond motifs is 1. The lowest BCUT2D eigenvalue weighted by Crippen LogP contribution is -2.30. The van der Waals surface area contributed by atoms with E-state index in [2.05, 4.69) is 34.6 Å². The second-order valence-corrected chi connectivity index (χ2v) is 9.60. The molecule has 2 heterocycles. The lowest BCUT2D eigenvalue weighted by Gasteiger charge is -2.15. The molecule has 0 aliphatic heterocycles. The van der Waals surface area contributed by atoms with Gasteiger partial charge in [-0.2, -0.15) is 0 Å². The van der Waals surface area contributed by atoms with E-state index in [9.17, 15) is 9.18 Å². The minimum atomic E-state index is -0.837. The highest BCUT2D eigenvalue weighted by Gasteiger charge is 2.39. The van der Waals surface area contributed by atoms with Crippen LogP contribution >= 0.6 is 11.3 Å². The Balaban J connectivity index is 1.33. The number of hydrogen-bond donors (Lipinski definition) is 2. The number of nitrogens with zero attached hydrogens (tertiary/aromatic N) is 2. The van der Waals surface area contributed by atoms with Crippen molar-refractivity contribution in [3.63, 3.8) is 0 Å². The lowest BCUT2D eigenvalue weighted by atomic mass is 9.89. The van der Waals surface area contributed by atoms with Crippen molar-refractivity contribution in [2.24, 2.45) is 0 Å². The van der Waals surface area contributed by atoms with Gasteiger partial charge in [0.2, 0.25) is 0 Å². The number of hydrogen-bond acceptors (Lipinski definition) is 5. The van der Waals surface area contributed by atoms with Crippen molar-refractivity contribution in [2.45, 2.75) is 31.2 Å². The van der Waals surface area contributed by atoms with Crippen LogP contribution in [0.2, 0.25) is 0 Å². The lowest BCUT2D eigenvalue weighted by molar-refractivity contribution is -0.137. The Bertz CT molecular complexity index is 1380. The summed E-state index contributed by atoms with van der Waals surface area (Å²) in [5.74, 6) is -1.16. The second-order valence-electron chi connectivity index (χ2n) is 8.63. The summed E-state index contributed by atoms with van der Waals surface area (Å²) in [4.78, 5) is 21.1. The van der Waals surface area contributed by atoms with Gasteiger partial charge in [0.15, 0.2) is 0 Å². The number of aromatic nitrogens is 2. The Morgan fingerprint density at radius 3 is 2.62 bits per heavy atom. The molecule has 0 radical (unpaired) electrons. The van der Waals surface area contributed by atoms with E-state index in [1.807, 2.05) is 43.3 Å². The molecule has 0 saturated heterocycles. The van der Waals surface area contributed by atoms with Gasteiger partial charge in [-0.25, -0.2) is 14.4 Å². The number of allylic oxidation sites excluding steroid dienone is 2. The maximum absolute atomic E-state index is 15.0. The van der Waals surface area contributed by atoms with Crippen molar-refractivity contribution in [2.75, 3.05) is 6.54 Å². The van der Waals surface area contributed by atoms with Crippen molar-refractivity contribution in [3.8, 4) is 10.6 Å². The molecular formula is C27H24FN3O2S. The quantitative estimate of drug-likeness (QED) is 0.321. The summed E-state index contributed by atoms with van der Waals surface area (Å²) in [5, 5.41) is 12.6. The molecule has 5 rings (SSSR count). The fraction of sp³-hybridized carbons (Fsp3) is 0.222. The Hall–Kier alpha value is -3.42. The molecule has 1 atom stereocenters. The molecule has 7 heteroatoms. The van der Waals surface area contributed by atoms with Crippen LogP contribution in [-0.4, -0.2) is 33.6 Å². The fourth-order valence-corrected chi connectivity index (χ4v) is 5.12. The van der Waals surface area contributed by atoms with E-state index in [0.29, 0.717) is 23.5 Å². The van der Waals surface area contributed by atoms with Crippen LogP contribution in [0.25, 0.3) is 20.9 Å². The number of halogens is 1. The van der Waals surface area contributed by atoms with Crippen LogP contribution in [-0.2, 0) is 16.6 Å². The van der Waals surface area contributed by atoms with Gasteiger partial charge in [-0.05, 0) is 55.3 Å². The van der Waals surface area contributed by atoms with E-state index in [1.54, 1.807) is 6.07 Å². The van der Waals surface area contributed by atoms with E-state index >= 15 is 0 Å². The number of carbonyl (C=O) groups is 1. The van der Waals surface area contributed by atoms with Crippen LogP contribution in [0.4, 0.5) is 4.39 Å². The number of rotatable bonds is 9. The number of carboxylic acids is 1. The van der Waals surface area contributed by atoms with Gasteiger partial charge in [0, 0.05) is 11.6 Å². The molecule has 0 saturated carbocycles. The Morgan fingerprint density at radius 2 is 1.91 bits per heavy atom. The van der Waals surface area contributed by atoms with Crippen LogP contribution in [0.5, 0.6) is 0 Å². The normalized spacial score (nSPS) is 14.9. The third-order valence-electron chi connectivity index (χ3n) is 6.08. The van der Waals surface area contributed by atoms with Crippen molar-refractivity contribution in [3.05, 3.63) is 95.5 Å². The summed E-state index contributed by atoms with van der Waals surface area (Å²) < 4.78 is 15.0. The minimum absolute atomic E-state index is 0.0587. The SMILES string of the molecule is C[C@H](CC(=O)O)NCCc1ccc(-c2nc3ccc(C4(c5ccccc5)C=C4)nc3s2)c(F)c1. The molecule has 2 aromatic heterocycles. The monoisotopic (exact) mass is 473 g/mol. The first-order valence-corrected chi connectivity index (χ1v) is 12.0. The standard InChI is InChI=1S/C27H24FN3O2S/c1-17(15-24(32)33)29-14-11-18-7-8-20(21(28)16-18)25-30-22-9-10-23(31-26(22)34-25)27(12-13-27)19-5-3-2-4-6-19/h2-10,12-13,16-17,29H,11,14-15H2,1H3,(H,32,33)/t17-/m1/s1. The maximum atomic E-state index is 15.0. The zero-order valence-electron chi connectivity index (χ0n) is 18.7. The van der Waals surface area contributed by atoms with Gasteiger partial charge in [-0.3, -0.25) is 4.79 Å². The number of carboxylic acid groups (broad SMARTS) is 1. The topological polar surface area (TPSA) is 75.1 Å². The van der Waals surface area contributed by atoms with Crippen LogP contribution < -0.4 is 5.32 Å². The zero-order valence-corrected chi connectivity index (χ0v) is 19.5. The fourth-order valence-electron chi connectivity index (χ4n) is 4.16. The van der Waals surface area contributed by atoms with Gasteiger partial charge < -0.3 is 10.4 Å². The number of pyridine rings is 1. The summed E-state index contributed by atoms with van der Waals surface area (Å²) in [5.41, 5.74) is 3.93. The number of benzene rings is 2. The average Bonchev–Trinajstić information content (AvgIpc) is 3.52. The van der Waals surface area contributed by atoms with E-state index in [4.69, 9.17) is 10.1 Å². The highest BCUT2D eigenvalue weighted by molar-refractivity contribution is 7.21. The third kappa shape index (κ3) is 4.49. The van der Waals surface area contributed by atoms with Crippen LogP contribution in [0, 0.1) is 5.82 Å². The smallest absolute Gasteiger partial charge is 0.304 e. The largest absolute Gasteiger partial charge is 0.481 e. The molecule has 0 bridgehead atoms. The molecule has 0 unspecified atom stereocenters. The molecule has 172 valence electrons. The zero-order chi connectivity index (χ0) is 23.7. The van der Waals surface area contributed by atoms with E-state index in [1.165, 1.54) is 23.0 Å². The minimum Gasteiger partial charge on any atom is -0.481 e. The molecular weight excluding hydrogens is 449 g/mol. The summed E-state index contributed by atoms with van der Waals surface area (Å²) in [6.45, 7) is 2.41. The molecule has 2 N–H and O–H groups in total. The van der Waals surface area contributed by atoms with Crippen LogP contribution in [0.15, 0.2) is 72.8 Å². The Morgan fingerprint density at radius 1 is 1.12 bits per heavy atom. The summed E-state index contributed by atoms with van der Waals surface area (Å²) >= 11 is 1.39. The van der Waals surface area contributed by atoms with Gasteiger partial charge in [0.1, 0.15) is 21.2 Å². The molecule has 1 aliphatic rings. The third-order valence-corrected chi connectivity index (χ3v) is 7.08. The number of thiazole rings is 1. The molecule has 4 aromatic rings. The summed E-state index contributed by atoms with van der Waals surface area (Å²) in [6.07, 6.45) is 4.96. The van der Waals surface area contributed by atoms with Crippen molar-refractivity contribution < 1.29 is 14.3 Å². The van der Waals surface area contributed by atoms with Crippen molar-refractivity contribution >= 4 is 27.7 Å². The van der Waals surface area contributed by atoms with Gasteiger partial charge in [0.05, 0.1) is 17.5 Å². The Kier molecular flexibility index (Phi) is 5.98. The average molecular weight is 474 g/mol. The van der Waals surface area contributed by atoms with Crippen molar-refractivity contribution in [1.29, 1.82) is 0 Å². The first-order chi connectivity index (χ1) is 16.4. The highest BCUT2D eigenvalue weighted by Crippen LogP contribution is 2.45. The first kappa shape index (κ1) is 22.4. The molecule has 0 spiro atoms.